The number of hydrogen-bond acceptors (Lipinski definition) is 6. The Morgan fingerprint density at radius 1 is 0.919 bits per heavy atom. The molecule has 3 aliphatic heterocycles. The molecule has 3 aromatic rings. The standard InChI is InChI=1S/C28H29N3O5S/c1-20-15-22-5-2-3-8-25(22)31(20)37(33,34)24-7-4-6-23(17-24)28(32)30-13-11-29(12-14-30)18-21-9-10-26-27(16-21)36-19-35-26/h2-10,16-17,20H,11-15,18-19H2,1H3/t20-/m0/s1. The molecule has 1 saturated heterocycles. The molecule has 3 aliphatic rings. The molecule has 192 valence electrons. The molecule has 3 heterocycles. The third-order valence-electron chi connectivity index (χ3n) is 7.29. The molecule has 1 fully saturated rings. The SMILES string of the molecule is C[C@H]1Cc2ccccc2N1S(=O)(=O)c1cccc(C(=O)N2CCN(Cc3ccc4c(c3)OCO4)CC2)c1. The lowest BCUT2D eigenvalue weighted by molar-refractivity contribution is 0.0628. The highest BCUT2D eigenvalue weighted by Gasteiger charge is 2.36. The number of piperazine rings is 1. The highest BCUT2D eigenvalue weighted by molar-refractivity contribution is 7.92. The maximum absolute atomic E-state index is 13.6. The Labute approximate surface area is 217 Å². The average molecular weight is 520 g/mol. The molecule has 0 N–H and O–H groups in total. The Bertz CT molecular complexity index is 1450. The Morgan fingerprint density at radius 3 is 2.54 bits per heavy atom. The second-order valence-electron chi connectivity index (χ2n) is 9.77. The minimum atomic E-state index is -3.80. The highest BCUT2D eigenvalue weighted by Crippen LogP contribution is 2.37. The lowest BCUT2D eigenvalue weighted by Gasteiger charge is -2.35. The first kappa shape index (κ1) is 23.8. The van der Waals surface area contributed by atoms with Crippen molar-refractivity contribution in [1.82, 2.24) is 9.80 Å². The van der Waals surface area contributed by atoms with E-state index < -0.39 is 10.0 Å². The summed E-state index contributed by atoms with van der Waals surface area (Å²) in [6, 6.07) is 19.8. The number of amides is 1. The Balaban J connectivity index is 1.13. The van der Waals surface area contributed by atoms with E-state index in [1.165, 1.54) is 10.4 Å². The van der Waals surface area contributed by atoms with E-state index in [1.54, 1.807) is 23.1 Å². The van der Waals surface area contributed by atoms with Crippen LogP contribution in [-0.2, 0) is 23.0 Å². The van der Waals surface area contributed by atoms with E-state index in [1.807, 2.05) is 49.4 Å². The number of hydrogen-bond donors (Lipinski definition) is 0. The van der Waals surface area contributed by atoms with E-state index in [9.17, 15) is 13.2 Å². The van der Waals surface area contributed by atoms with Crippen molar-refractivity contribution >= 4 is 21.6 Å². The summed E-state index contributed by atoms with van der Waals surface area (Å²) in [6.07, 6.45) is 0.671. The summed E-state index contributed by atoms with van der Waals surface area (Å²) in [5.41, 5.74) is 3.26. The number of anilines is 1. The van der Waals surface area contributed by atoms with Gasteiger partial charge >= 0.3 is 0 Å². The normalized spacial score (nSPS) is 19.2. The van der Waals surface area contributed by atoms with E-state index in [4.69, 9.17) is 9.47 Å². The second-order valence-corrected chi connectivity index (χ2v) is 11.6. The van der Waals surface area contributed by atoms with Crippen LogP contribution in [0.5, 0.6) is 11.5 Å². The zero-order valence-electron chi connectivity index (χ0n) is 20.7. The molecule has 1 amide bonds. The Kier molecular flexibility index (Phi) is 6.04. The van der Waals surface area contributed by atoms with Crippen LogP contribution < -0.4 is 13.8 Å². The summed E-state index contributed by atoms with van der Waals surface area (Å²) in [6.45, 7) is 5.57. The number of carbonyl (C=O) groups excluding carboxylic acids is 1. The van der Waals surface area contributed by atoms with E-state index in [-0.39, 0.29) is 23.6 Å². The lowest BCUT2D eigenvalue weighted by Crippen LogP contribution is -2.48. The zero-order chi connectivity index (χ0) is 25.6. The fraction of sp³-hybridized carbons (Fsp3) is 0.321. The number of para-hydroxylation sites is 1. The molecule has 0 unspecified atom stereocenters. The van der Waals surface area contributed by atoms with Gasteiger partial charge in [-0.25, -0.2) is 8.42 Å². The van der Waals surface area contributed by atoms with Gasteiger partial charge in [0.15, 0.2) is 11.5 Å². The summed E-state index contributed by atoms with van der Waals surface area (Å²) < 4.78 is 39.6. The van der Waals surface area contributed by atoms with Gasteiger partial charge < -0.3 is 14.4 Å². The Morgan fingerprint density at radius 2 is 1.70 bits per heavy atom. The van der Waals surface area contributed by atoms with Crippen molar-refractivity contribution < 1.29 is 22.7 Å². The van der Waals surface area contributed by atoms with Gasteiger partial charge in [0.25, 0.3) is 15.9 Å². The van der Waals surface area contributed by atoms with Gasteiger partial charge in [0.1, 0.15) is 0 Å². The van der Waals surface area contributed by atoms with Crippen LogP contribution in [0.3, 0.4) is 0 Å². The summed E-state index contributed by atoms with van der Waals surface area (Å²) in [4.78, 5) is 17.6. The first-order valence-electron chi connectivity index (χ1n) is 12.5. The van der Waals surface area contributed by atoms with Crippen LogP contribution in [0, 0.1) is 0 Å². The van der Waals surface area contributed by atoms with E-state index in [0.29, 0.717) is 30.8 Å². The molecule has 0 bridgehead atoms. The number of benzene rings is 3. The number of rotatable bonds is 5. The van der Waals surface area contributed by atoms with E-state index in [2.05, 4.69) is 4.90 Å². The summed E-state index contributed by atoms with van der Waals surface area (Å²) in [5, 5.41) is 0. The molecule has 9 heteroatoms. The largest absolute Gasteiger partial charge is 0.454 e. The van der Waals surface area contributed by atoms with Crippen molar-refractivity contribution in [2.45, 2.75) is 30.8 Å². The minimum absolute atomic E-state index is 0.142. The summed E-state index contributed by atoms with van der Waals surface area (Å²) in [5.74, 6) is 1.40. The molecule has 37 heavy (non-hydrogen) atoms. The number of carbonyl (C=O) groups is 1. The molecular formula is C28H29N3O5S. The maximum atomic E-state index is 13.6. The van der Waals surface area contributed by atoms with Crippen LogP contribution in [0.4, 0.5) is 5.69 Å². The molecule has 0 aliphatic carbocycles. The van der Waals surface area contributed by atoms with Gasteiger partial charge in [-0.05, 0) is 60.9 Å². The van der Waals surface area contributed by atoms with Crippen LogP contribution in [-0.4, -0.2) is 63.1 Å². The quantitative estimate of drug-likeness (QED) is 0.513. The van der Waals surface area contributed by atoms with Crippen molar-refractivity contribution in [2.24, 2.45) is 0 Å². The van der Waals surface area contributed by atoms with Crippen LogP contribution in [0.1, 0.15) is 28.4 Å². The maximum Gasteiger partial charge on any atom is 0.264 e. The minimum Gasteiger partial charge on any atom is -0.454 e. The molecule has 6 rings (SSSR count). The van der Waals surface area contributed by atoms with Crippen LogP contribution >= 0.6 is 0 Å². The summed E-state index contributed by atoms with van der Waals surface area (Å²) in [7, 11) is -3.80. The van der Waals surface area contributed by atoms with Crippen molar-refractivity contribution in [3.8, 4) is 11.5 Å². The molecular weight excluding hydrogens is 490 g/mol. The molecule has 0 spiro atoms. The lowest BCUT2D eigenvalue weighted by atomic mass is 10.1. The predicted octanol–water partition coefficient (Wildman–Crippen LogP) is 3.51. The van der Waals surface area contributed by atoms with Gasteiger partial charge in [-0.3, -0.25) is 14.0 Å². The van der Waals surface area contributed by atoms with Crippen molar-refractivity contribution in [2.75, 3.05) is 37.3 Å². The highest BCUT2D eigenvalue weighted by atomic mass is 32.2. The monoisotopic (exact) mass is 519 g/mol. The van der Waals surface area contributed by atoms with Gasteiger partial charge in [-0.2, -0.15) is 0 Å². The fourth-order valence-corrected chi connectivity index (χ4v) is 7.13. The van der Waals surface area contributed by atoms with Crippen LogP contribution in [0.2, 0.25) is 0 Å². The number of ether oxygens (including phenoxy) is 2. The zero-order valence-corrected chi connectivity index (χ0v) is 21.5. The average Bonchev–Trinajstić information content (AvgIpc) is 3.52. The van der Waals surface area contributed by atoms with Crippen LogP contribution in [0.25, 0.3) is 0 Å². The smallest absolute Gasteiger partial charge is 0.264 e. The van der Waals surface area contributed by atoms with E-state index in [0.717, 1.165) is 42.3 Å². The third kappa shape index (κ3) is 4.42. The van der Waals surface area contributed by atoms with Gasteiger partial charge in [-0.1, -0.05) is 30.3 Å². The van der Waals surface area contributed by atoms with Gasteiger partial charge in [0, 0.05) is 44.3 Å². The molecule has 8 nitrogen and oxygen atoms in total. The third-order valence-corrected chi connectivity index (χ3v) is 9.21. The van der Waals surface area contributed by atoms with Crippen molar-refractivity contribution in [3.63, 3.8) is 0 Å². The second kappa shape index (κ2) is 9.39. The molecule has 0 saturated carbocycles. The predicted molar refractivity (Wildman–Crippen MR) is 139 cm³/mol. The molecule has 3 aromatic carbocycles. The molecule has 0 aromatic heterocycles. The first-order valence-corrected chi connectivity index (χ1v) is 14.0. The number of sulfonamides is 1. The molecule has 1 atom stereocenters. The molecule has 0 radical (unpaired) electrons. The summed E-state index contributed by atoms with van der Waals surface area (Å²) >= 11 is 0. The topological polar surface area (TPSA) is 79.4 Å². The van der Waals surface area contributed by atoms with Gasteiger partial charge in [0.2, 0.25) is 6.79 Å². The van der Waals surface area contributed by atoms with Gasteiger partial charge in [-0.15, -0.1) is 0 Å². The first-order chi connectivity index (χ1) is 17.9. The van der Waals surface area contributed by atoms with E-state index >= 15 is 0 Å². The van der Waals surface area contributed by atoms with Crippen molar-refractivity contribution in [1.29, 1.82) is 0 Å². The Hall–Kier alpha value is -3.56. The van der Waals surface area contributed by atoms with Crippen LogP contribution in [0.15, 0.2) is 71.6 Å². The van der Waals surface area contributed by atoms with Gasteiger partial charge in [0.05, 0.1) is 10.6 Å². The fourth-order valence-electron chi connectivity index (χ4n) is 5.40. The number of nitrogens with zero attached hydrogens (tertiary/aromatic N) is 3. The number of fused-ring (bicyclic) bond motifs is 2. The van der Waals surface area contributed by atoms with Crippen molar-refractivity contribution in [3.05, 3.63) is 83.4 Å².